The second kappa shape index (κ2) is 7.32. The van der Waals surface area contributed by atoms with E-state index in [1.165, 1.54) is 6.21 Å². The molecule has 2 aromatic heterocycles. The number of aromatic nitrogens is 2. The summed E-state index contributed by atoms with van der Waals surface area (Å²) < 4.78 is 7.72. The molecule has 27 heavy (non-hydrogen) atoms. The topological polar surface area (TPSA) is 85.6 Å². The summed E-state index contributed by atoms with van der Waals surface area (Å²) in [6.07, 6.45) is 4.59. The monoisotopic (exact) mass is 426 g/mol. The number of pyridine rings is 2. The molecular weight excluding hydrogens is 412 g/mol. The van der Waals surface area contributed by atoms with Gasteiger partial charge in [-0.15, -0.1) is 0 Å². The molecule has 0 fully saturated rings. The van der Waals surface area contributed by atoms with Crippen molar-refractivity contribution in [2.24, 2.45) is 5.10 Å². The number of benzene rings is 1. The SMILES string of the molecule is O=C(N/N=C/c1ccncc1)c1c2n(c3ccccc3c1=O)CC(CBr)O2. The number of fused-ring (bicyclic) bond motifs is 3. The summed E-state index contributed by atoms with van der Waals surface area (Å²) in [5.41, 5.74) is 3.54. The molecule has 1 aliphatic rings. The minimum Gasteiger partial charge on any atom is -0.472 e. The maximum absolute atomic E-state index is 12.9. The largest absolute Gasteiger partial charge is 0.472 e. The Kier molecular flexibility index (Phi) is 4.72. The van der Waals surface area contributed by atoms with Crippen molar-refractivity contribution in [3.63, 3.8) is 0 Å². The zero-order valence-electron chi connectivity index (χ0n) is 14.1. The lowest BCUT2D eigenvalue weighted by Crippen LogP contribution is -2.27. The smallest absolute Gasteiger partial charge is 0.280 e. The number of halogens is 1. The molecule has 1 unspecified atom stereocenters. The zero-order valence-corrected chi connectivity index (χ0v) is 15.7. The van der Waals surface area contributed by atoms with Crippen molar-refractivity contribution < 1.29 is 9.53 Å². The zero-order chi connectivity index (χ0) is 18.8. The van der Waals surface area contributed by atoms with Crippen molar-refractivity contribution in [3.8, 4) is 5.88 Å². The number of alkyl halides is 1. The van der Waals surface area contributed by atoms with E-state index in [0.29, 0.717) is 17.3 Å². The third-order valence-corrected chi connectivity index (χ3v) is 5.00. The molecule has 3 aromatic rings. The van der Waals surface area contributed by atoms with E-state index in [0.717, 1.165) is 11.1 Å². The summed E-state index contributed by atoms with van der Waals surface area (Å²) in [7, 11) is 0. The van der Waals surface area contributed by atoms with Gasteiger partial charge in [0, 0.05) is 23.1 Å². The average molecular weight is 427 g/mol. The Morgan fingerprint density at radius 1 is 1.33 bits per heavy atom. The van der Waals surface area contributed by atoms with Crippen LogP contribution < -0.4 is 15.6 Å². The van der Waals surface area contributed by atoms with Gasteiger partial charge >= 0.3 is 0 Å². The number of nitrogens with zero attached hydrogens (tertiary/aromatic N) is 3. The molecule has 3 heterocycles. The number of ether oxygens (including phenoxy) is 1. The van der Waals surface area contributed by atoms with E-state index in [-0.39, 0.29) is 23.0 Å². The van der Waals surface area contributed by atoms with Gasteiger partial charge in [-0.25, -0.2) is 5.43 Å². The van der Waals surface area contributed by atoms with E-state index < -0.39 is 5.91 Å². The molecule has 0 spiro atoms. The number of carbonyl (C=O) groups is 1. The van der Waals surface area contributed by atoms with E-state index in [1.54, 1.807) is 36.7 Å². The predicted octanol–water partition coefficient (Wildman–Crippen LogP) is 2.32. The number of nitrogens with one attached hydrogen (secondary N) is 1. The van der Waals surface area contributed by atoms with Crippen LogP contribution in [0.1, 0.15) is 15.9 Å². The van der Waals surface area contributed by atoms with Crippen molar-refractivity contribution in [2.75, 3.05) is 5.33 Å². The van der Waals surface area contributed by atoms with Gasteiger partial charge < -0.3 is 9.30 Å². The van der Waals surface area contributed by atoms with Gasteiger partial charge in [0.2, 0.25) is 11.3 Å². The van der Waals surface area contributed by atoms with Gasteiger partial charge in [0.1, 0.15) is 11.7 Å². The number of rotatable bonds is 4. The third kappa shape index (κ3) is 3.23. The standard InChI is InChI=1S/C19H15BrN4O3/c20-9-13-11-24-15-4-2-1-3-14(15)17(25)16(19(24)27-13)18(26)23-22-10-12-5-7-21-8-6-12/h1-8,10,13H,9,11H2,(H,23,26)/b22-10+. The fraction of sp³-hybridized carbons (Fsp3) is 0.158. The summed E-state index contributed by atoms with van der Waals surface area (Å²) >= 11 is 3.40. The van der Waals surface area contributed by atoms with Crippen LogP contribution in [0, 0.1) is 0 Å². The Hall–Kier alpha value is -3.00. The quantitative estimate of drug-likeness (QED) is 0.394. The Bertz CT molecular complexity index is 1100. The minimum absolute atomic E-state index is 0.0379. The second-order valence-corrected chi connectivity index (χ2v) is 6.66. The highest BCUT2D eigenvalue weighted by molar-refractivity contribution is 9.09. The number of carbonyl (C=O) groups excluding carboxylic acids is 1. The molecule has 1 N–H and O–H groups in total. The molecule has 4 rings (SSSR count). The fourth-order valence-corrected chi connectivity index (χ4v) is 3.37. The summed E-state index contributed by atoms with van der Waals surface area (Å²) in [4.78, 5) is 29.6. The molecule has 136 valence electrons. The van der Waals surface area contributed by atoms with E-state index >= 15 is 0 Å². The van der Waals surface area contributed by atoms with E-state index in [2.05, 4.69) is 31.4 Å². The summed E-state index contributed by atoms with van der Waals surface area (Å²) in [5.74, 6) is -0.324. The maximum Gasteiger partial charge on any atom is 0.280 e. The van der Waals surface area contributed by atoms with Crippen LogP contribution >= 0.6 is 15.9 Å². The number of hydrogen-bond acceptors (Lipinski definition) is 5. The first kappa shape index (κ1) is 17.4. The van der Waals surface area contributed by atoms with Crippen molar-refractivity contribution in [3.05, 3.63) is 70.1 Å². The summed E-state index contributed by atoms with van der Waals surface area (Å²) in [5, 5.41) is 5.01. The van der Waals surface area contributed by atoms with Gasteiger partial charge in [0.15, 0.2) is 0 Å². The number of para-hydroxylation sites is 1. The van der Waals surface area contributed by atoms with Crippen LogP contribution in [0.2, 0.25) is 0 Å². The van der Waals surface area contributed by atoms with Crippen molar-refractivity contribution in [1.82, 2.24) is 15.0 Å². The first-order valence-corrected chi connectivity index (χ1v) is 9.42. The van der Waals surface area contributed by atoms with Gasteiger partial charge in [0.25, 0.3) is 5.91 Å². The molecule has 0 saturated heterocycles. The van der Waals surface area contributed by atoms with Crippen molar-refractivity contribution in [1.29, 1.82) is 0 Å². The Morgan fingerprint density at radius 2 is 2.11 bits per heavy atom. The Balaban J connectivity index is 1.73. The average Bonchev–Trinajstić information content (AvgIpc) is 3.13. The van der Waals surface area contributed by atoms with Crippen molar-refractivity contribution >= 4 is 39.0 Å². The predicted molar refractivity (Wildman–Crippen MR) is 106 cm³/mol. The van der Waals surface area contributed by atoms with Crippen LogP contribution in [0.5, 0.6) is 5.88 Å². The van der Waals surface area contributed by atoms with Crippen molar-refractivity contribution in [2.45, 2.75) is 12.6 Å². The highest BCUT2D eigenvalue weighted by Gasteiger charge is 2.31. The van der Waals surface area contributed by atoms with E-state index in [9.17, 15) is 9.59 Å². The second-order valence-electron chi connectivity index (χ2n) is 6.01. The molecule has 8 heteroatoms. The molecule has 1 atom stereocenters. The van der Waals surface area contributed by atoms with Crippen LogP contribution in [-0.4, -0.2) is 33.1 Å². The molecule has 0 radical (unpaired) electrons. The van der Waals surface area contributed by atoms with Gasteiger partial charge in [-0.05, 0) is 29.8 Å². The van der Waals surface area contributed by atoms with Gasteiger partial charge in [-0.1, -0.05) is 28.1 Å². The Labute approximate surface area is 162 Å². The molecule has 0 saturated carbocycles. The lowest BCUT2D eigenvalue weighted by Gasteiger charge is -2.11. The molecule has 0 bridgehead atoms. The van der Waals surface area contributed by atoms with Gasteiger partial charge in [-0.3, -0.25) is 14.6 Å². The number of hydrazone groups is 1. The maximum atomic E-state index is 12.9. The molecular formula is C19H15BrN4O3. The molecule has 1 amide bonds. The van der Waals surface area contributed by atoms with Gasteiger partial charge in [0.05, 0.1) is 18.3 Å². The first-order valence-electron chi connectivity index (χ1n) is 8.30. The van der Waals surface area contributed by atoms with E-state index in [1.807, 2.05) is 16.7 Å². The number of hydrogen-bond donors (Lipinski definition) is 1. The van der Waals surface area contributed by atoms with E-state index in [4.69, 9.17) is 4.74 Å². The minimum atomic E-state index is -0.602. The lowest BCUT2D eigenvalue weighted by molar-refractivity contribution is 0.0949. The summed E-state index contributed by atoms with van der Waals surface area (Å²) in [6, 6.07) is 10.7. The van der Waals surface area contributed by atoms with Gasteiger partial charge in [-0.2, -0.15) is 5.10 Å². The first-order chi connectivity index (χ1) is 13.2. The number of amides is 1. The highest BCUT2D eigenvalue weighted by atomic mass is 79.9. The fourth-order valence-electron chi connectivity index (χ4n) is 3.03. The normalized spacial score (nSPS) is 15.7. The molecule has 1 aliphatic heterocycles. The van der Waals surface area contributed by atoms with Crippen LogP contribution in [0.4, 0.5) is 0 Å². The molecule has 1 aromatic carbocycles. The highest BCUT2D eigenvalue weighted by Crippen LogP contribution is 2.30. The molecule has 7 nitrogen and oxygen atoms in total. The summed E-state index contributed by atoms with van der Waals surface area (Å²) in [6.45, 7) is 0.557. The third-order valence-electron chi connectivity index (χ3n) is 4.28. The van der Waals surface area contributed by atoms with Crippen LogP contribution in [0.15, 0.2) is 58.7 Å². The lowest BCUT2D eigenvalue weighted by atomic mass is 10.1. The van der Waals surface area contributed by atoms with Crippen LogP contribution in [-0.2, 0) is 6.54 Å². The van der Waals surface area contributed by atoms with Crippen LogP contribution in [0.3, 0.4) is 0 Å². The molecule has 0 aliphatic carbocycles. The van der Waals surface area contributed by atoms with Crippen LogP contribution in [0.25, 0.3) is 10.9 Å². The Morgan fingerprint density at radius 3 is 2.89 bits per heavy atom.